The molecule has 4 aliphatic carbocycles. The number of fused-ring (bicyclic) bond motifs is 5. The van der Waals surface area contributed by atoms with E-state index in [9.17, 15) is 15.3 Å². The van der Waals surface area contributed by atoms with Gasteiger partial charge < -0.3 is 15.3 Å². The number of aliphatic hydroxyl groups excluding tert-OH is 2. The van der Waals surface area contributed by atoms with Gasteiger partial charge in [0.05, 0.1) is 11.7 Å². The van der Waals surface area contributed by atoms with E-state index in [1.165, 1.54) is 32.1 Å². The van der Waals surface area contributed by atoms with Gasteiger partial charge in [0.15, 0.2) is 0 Å². The second kappa shape index (κ2) is 5.56. The molecule has 0 aromatic carbocycles. The molecule has 136 valence electrons. The Balaban J connectivity index is 1.71. The average Bonchev–Trinajstić information content (AvgIpc) is 2.78. The van der Waals surface area contributed by atoms with E-state index in [0.29, 0.717) is 30.6 Å². The van der Waals surface area contributed by atoms with Gasteiger partial charge in [-0.15, -0.1) is 0 Å². The molecule has 1 unspecified atom stereocenters. The van der Waals surface area contributed by atoms with E-state index >= 15 is 0 Å². The summed E-state index contributed by atoms with van der Waals surface area (Å²) >= 11 is 0. The lowest BCUT2D eigenvalue weighted by atomic mass is 9.45. The normalized spacial score (nSPS) is 53.8. The molecular formula is C21H34O3. The van der Waals surface area contributed by atoms with Crippen LogP contribution in [0.5, 0.6) is 0 Å². The number of allylic oxidation sites excluding steroid dienone is 2. The first-order valence-corrected chi connectivity index (χ1v) is 10.1. The molecule has 0 aromatic rings. The summed E-state index contributed by atoms with van der Waals surface area (Å²) in [5.41, 5.74) is 0.714. The predicted molar refractivity (Wildman–Crippen MR) is 94.4 cm³/mol. The highest BCUT2D eigenvalue weighted by atomic mass is 16.3. The molecular weight excluding hydrogens is 300 g/mol. The van der Waals surface area contributed by atoms with Crippen molar-refractivity contribution in [2.75, 3.05) is 6.61 Å². The second-order valence-electron chi connectivity index (χ2n) is 9.61. The zero-order valence-electron chi connectivity index (χ0n) is 15.3. The Labute approximate surface area is 146 Å². The van der Waals surface area contributed by atoms with Crippen molar-refractivity contribution in [1.82, 2.24) is 0 Å². The third-order valence-electron chi connectivity index (χ3n) is 8.81. The van der Waals surface area contributed by atoms with Crippen LogP contribution in [0.3, 0.4) is 0 Å². The summed E-state index contributed by atoms with van der Waals surface area (Å²) in [5, 5.41) is 31.9. The van der Waals surface area contributed by atoms with Gasteiger partial charge in [0.1, 0.15) is 0 Å². The maximum absolute atomic E-state index is 11.3. The molecule has 0 aromatic heterocycles. The molecule has 4 aliphatic rings. The lowest BCUT2D eigenvalue weighted by molar-refractivity contribution is -0.175. The van der Waals surface area contributed by atoms with E-state index in [0.717, 1.165) is 12.8 Å². The molecule has 0 spiro atoms. The summed E-state index contributed by atoms with van der Waals surface area (Å²) in [6.07, 6.45) is 11.1. The van der Waals surface area contributed by atoms with E-state index in [1.807, 2.05) is 0 Å². The highest BCUT2D eigenvalue weighted by Crippen LogP contribution is 2.68. The van der Waals surface area contributed by atoms with Crippen molar-refractivity contribution >= 4 is 0 Å². The van der Waals surface area contributed by atoms with Crippen LogP contribution in [0.15, 0.2) is 11.6 Å². The standard InChI is InChI=1S/C21H34O3/c1-19-9-4-3-5-14(19)6-7-15-16-8-10-21(24,11-12-22)20(16,2)13-17(23)18(15)19/h5,15-18,22-24H,3-4,6-13H2,1-2H3/t15-,16-,17?,18+,19-,20-,21-/m0/s1. The van der Waals surface area contributed by atoms with Gasteiger partial charge in [-0.1, -0.05) is 25.5 Å². The molecule has 0 amide bonds. The minimum atomic E-state index is -0.804. The van der Waals surface area contributed by atoms with Crippen molar-refractivity contribution in [3.8, 4) is 0 Å². The molecule has 24 heavy (non-hydrogen) atoms. The van der Waals surface area contributed by atoms with Crippen LogP contribution in [0.25, 0.3) is 0 Å². The monoisotopic (exact) mass is 334 g/mol. The van der Waals surface area contributed by atoms with Gasteiger partial charge in [-0.05, 0) is 81.0 Å². The first-order chi connectivity index (χ1) is 11.4. The third kappa shape index (κ3) is 2.07. The minimum absolute atomic E-state index is 0.0353. The molecule has 3 nitrogen and oxygen atoms in total. The SMILES string of the molecule is C[C@]12CCCC=C1CC[C@@H]1[C@@H]2C(O)C[C@@]2(C)[C@H]1CC[C@]2(O)CCO. The molecule has 0 heterocycles. The van der Waals surface area contributed by atoms with Gasteiger partial charge >= 0.3 is 0 Å². The number of aliphatic hydroxyl groups is 3. The summed E-state index contributed by atoms with van der Waals surface area (Å²) in [4.78, 5) is 0. The first-order valence-electron chi connectivity index (χ1n) is 10.1. The average molecular weight is 335 g/mol. The second-order valence-corrected chi connectivity index (χ2v) is 9.61. The smallest absolute Gasteiger partial charge is 0.0726 e. The number of rotatable bonds is 2. The topological polar surface area (TPSA) is 60.7 Å². The summed E-state index contributed by atoms with van der Waals surface area (Å²) in [6.45, 7) is 4.62. The molecule has 4 rings (SSSR count). The molecule has 0 saturated heterocycles. The summed E-state index contributed by atoms with van der Waals surface area (Å²) in [5.74, 6) is 1.36. The first kappa shape index (κ1) is 17.1. The summed E-state index contributed by atoms with van der Waals surface area (Å²) < 4.78 is 0. The van der Waals surface area contributed by atoms with E-state index in [-0.39, 0.29) is 23.5 Å². The Kier molecular flexibility index (Phi) is 3.95. The lowest BCUT2D eigenvalue weighted by Crippen LogP contribution is -2.59. The zero-order chi connectivity index (χ0) is 17.2. The fourth-order valence-electron chi connectivity index (χ4n) is 7.57. The molecule has 0 aliphatic heterocycles. The largest absolute Gasteiger partial charge is 0.396 e. The number of hydrogen-bond acceptors (Lipinski definition) is 3. The van der Waals surface area contributed by atoms with Crippen LogP contribution < -0.4 is 0 Å². The van der Waals surface area contributed by atoms with Gasteiger partial charge in [-0.2, -0.15) is 0 Å². The van der Waals surface area contributed by atoms with Crippen molar-refractivity contribution in [2.45, 2.75) is 83.3 Å². The quantitative estimate of drug-likeness (QED) is 0.678. The lowest BCUT2D eigenvalue weighted by Gasteiger charge is -2.61. The number of hydrogen-bond donors (Lipinski definition) is 3. The Bertz CT molecular complexity index is 543. The Morgan fingerprint density at radius 1 is 1.21 bits per heavy atom. The zero-order valence-corrected chi connectivity index (χ0v) is 15.3. The summed E-state index contributed by atoms with van der Waals surface area (Å²) in [6, 6.07) is 0. The van der Waals surface area contributed by atoms with E-state index in [1.54, 1.807) is 5.57 Å². The van der Waals surface area contributed by atoms with Gasteiger partial charge in [0, 0.05) is 12.0 Å². The molecule has 3 heteroatoms. The fourth-order valence-corrected chi connectivity index (χ4v) is 7.57. The Morgan fingerprint density at radius 2 is 2.00 bits per heavy atom. The van der Waals surface area contributed by atoms with Crippen LogP contribution in [0.1, 0.15) is 71.6 Å². The Morgan fingerprint density at radius 3 is 2.75 bits per heavy atom. The van der Waals surface area contributed by atoms with Crippen molar-refractivity contribution in [3.05, 3.63) is 11.6 Å². The van der Waals surface area contributed by atoms with Gasteiger partial charge in [0.25, 0.3) is 0 Å². The van der Waals surface area contributed by atoms with Gasteiger partial charge in [0.2, 0.25) is 0 Å². The maximum atomic E-state index is 11.3. The van der Waals surface area contributed by atoms with Crippen molar-refractivity contribution in [1.29, 1.82) is 0 Å². The summed E-state index contributed by atoms with van der Waals surface area (Å²) in [7, 11) is 0. The minimum Gasteiger partial charge on any atom is -0.396 e. The van der Waals surface area contributed by atoms with Crippen molar-refractivity contribution < 1.29 is 15.3 Å². The molecule has 3 N–H and O–H groups in total. The van der Waals surface area contributed by atoms with Crippen LogP contribution in [0.2, 0.25) is 0 Å². The highest BCUT2D eigenvalue weighted by Gasteiger charge is 2.65. The van der Waals surface area contributed by atoms with Crippen LogP contribution in [-0.4, -0.2) is 33.6 Å². The maximum Gasteiger partial charge on any atom is 0.0726 e. The van der Waals surface area contributed by atoms with Crippen molar-refractivity contribution in [3.63, 3.8) is 0 Å². The van der Waals surface area contributed by atoms with Gasteiger partial charge in [-0.25, -0.2) is 0 Å². The van der Waals surface area contributed by atoms with Crippen LogP contribution in [-0.2, 0) is 0 Å². The molecule has 3 fully saturated rings. The highest BCUT2D eigenvalue weighted by molar-refractivity contribution is 5.26. The van der Waals surface area contributed by atoms with Crippen LogP contribution in [0, 0.1) is 28.6 Å². The van der Waals surface area contributed by atoms with Gasteiger partial charge in [-0.3, -0.25) is 0 Å². The van der Waals surface area contributed by atoms with Crippen molar-refractivity contribution in [2.24, 2.45) is 28.6 Å². The van der Waals surface area contributed by atoms with E-state index in [4.69, 9.17) is 0 Å². The molecule has 3 saturated carbocycles. The van der Waals surface area contributed by atoms with E-state index in [2.05, 4.69) is 19.9 Å². The van der Waals surface area contributed by atoms with Crippen LogP contribution in [0.4, 0.5) is 0 Å². The fraction of sp³-hybridized carbons (Fsp3) is 0.905. The third-order valence-corrected chi connectivity index (χ3v) is 8.81. The Hall–Kier alpha value is -0.380. The molecule has 0 bridgehead atoms. The molecule has 0 radical (unpaired) electrons. The van der Waals surface area contributed by atoms with Crippen LogP contribution >= 0.6 is 0 Å². The predicted octanol–water partition coefficient (Wildman–Crippen LogP) is 3.42. The van der Waals surface area contributed by atoms with E-state index < -0.39 is 5.60 Å². The molecule has 7 atom stereocenters.